The van der Waals surface area contributed by atoms with E-state index in [1.165, 1.54) is 18.2 Å². The molecule has 0 aliphatic heterocycles. The zero-order valence-corrected chi connectivity index (χ0v) is 9.45. The van der Waals surface area contributed by atoms with Gasteiger partial charge in [0.2, 0.25) is 0 Å². The highest BCUT2D eigenvalue weighted by Crippen LogP contribution is 2.33. The lowest BCUT2D eigenvalue weighted by Gasteiger charge is -2.14. The maximum absolute atomic E-state index is 11.1. The Balaban J connectivity index is 3.47. The van der Waals surface area contributed by atoms with E-state index in [1.54, 1.807) is 6.92 Å². The zero-order valence-electron chi connectivity index (χ0n) is 8.64. The molecule has 0 bridgehead atoms. The molecule has 0 amide bonds. The minimum atomic E-state index is -4.27. The van der Waals surface area contributed by atoms with Gasteiger partial charge in [-0.25, -0.2) is 0 Å². The minimum Gasteiger partial charge on any atom is -0.508 e. The molecule has 0 aromatic heterocycles. The lowest BCUT2D eigenvalue weighted by Crippen LogP contribution is -2.05. The van der Waals surface area contributed by atoms with E-state index < -0.39 is 10.1 Å². The number of phenolic OH excluding ortho intramolecular Hbond substituents is 1. The average Bonchev–Trinajstić information content (AvgIpc) is 2.15. The van der Waals surface area contributed by atoms with Crippen molar-refractivity contribution in [3.8, 4) is 5.75 Å². The topological polar surface area (TPSA) is 74.6 Å². The van der Waals surface area contributed by atoms with Crippen LogP contribution in [-0.4, -0.2) is 18.1 Å². The Bertz CT molecular complexity index is 450. The van der Waals surface area contributed by atoms with Crippen molar-refractivity contribution < 1.29 is 18.1 Å². The highest BCUT2D eigenvalue weighted by Gasteiger charge is 2.21. The fourth-order valence-corrected chi connectivity index (χ4v) is 2.29. The molecule has 4 nitrogen and oxygen atoms in total. The molecule has 5 heteroatoms. The van der Waals surface area contributed by atoms with Crippen LogP contribution < -0.4 is 0 Å². The van der Waals surface area contributed by atoms with Crippen LogP contribution in [0.3, 0.4) is 0 Å². The number of hydrogen-bond acceptors (Lipinski definition) is 3. The molecular formula is C10H14O4S. The van der Waals surface area contributed by atoms with E-state index in [1.807, 2.05) is 6.92 Å². The average molecular weight is 230 g/mol. The maximum Gasteiger partial charge on any atom is 0.294 e. The Labute approximate surface area is 89.3 Å². The molecule has 1 atom stereocenters. The van der Waals surface area contributed by atoms with Gasteiger partial charge in [0.05, 0.1) is 0 Å². The summed E-state index contributed by atoms with van der Waals surface area (Å²) in [6.07, 6.45) is 0.681. The van der Waals surface area contributed by atoms with Crippen molar-refractivity contribution in [2.24, 2.45) is 0 Å². The van der Waals surface area contributed by atoms with Gasteiger partial charge in [-0.3, -0.25) is 4.55 Å². The van der Waals surface area contributed by atoms with E-state index in [0.29, 0.717) is 6.42 Å². The first-order chi connectivity index (χ1) is 6.88. The van der Waals surface area contributed by atoms with Gasteiger partial charge < -0.3 is 5.11 Å². The van der Waals surface area contributed by atoms with E-state index in [0.717, 1.165) is 0 Å². The number of hydrogen-bond donors (Lipinski definition) is 2. The van der Waals surface area contributed by atoms with Crippen molar-refractivity contribution in [3.63, 3.8) is 0 Å². The molecule has 0 aliphatic carbocycles. The Kier molecular flexibility index (Phi) is 3.36. The first kappa shape index (κ1) is 12.0. The van der Waals surface area contributed by atoms with Crippen molar-refractivity contribution in [1.82, 2.24) is 0 Å². The molecule has 0 radical (unpaired) electrons. The summed E-state index contributed by atoms with van der Waals surface area (Å²) in [6.45, 7) is 3.68. The van der Waals surface area contributed by atoms with Crippen LogP contribution in [0.15, 0.2) is 23.1 Å². The van der Waals surface area contributed by atoms with E-state index in [4.69, 9.17) is 4.55 Å². The van der Waals surface area contributed by atoms with E-state index >= 15 is 0 Å². The number of benzene rings is 1. The van der Waals surface area contributed by atoms with Crippen LogP contribution in [-0.2, 0) is 10.1 Å². The second-order valence-electron chi connectivity index (χ2n) is 3.47. The summed E-state index contributed by atoms with van der Waals surface area (Å²) in [5, 5.41) is 9.58. The predicted molar refractivity (Wildman–Crippen MR) is 56.6 cm³/mol. The van der Waals surface area contributed by atoms with Gasteiger partial charge in [0.25, 0.3) is 10.1 Å². The van der Waals surface area contributed by atoms with E-state index in [2.05, 4.69) is 0 Å². The van der Waals surface area contributed by atoms with Crippen LogP contribution in [0.25, 0.3) is 0 Å². The molecule has 0 saturated carbocycles. The van der Waals surface area contributed by atoms with Gasteiger partial charge in [0.1, 0.15) is 10.6 Å². The zero-order chi connectivity index (χ0) is 11.6. The van der Waals surface area contributed by atoms with Gasteiger partial charge in [-0.2, -0.15) is 8.42 Å². The monoisotopic (exact) mass is 230 g/mol. The summed E-state index contributed by atoms with van der Waals surface area (Å²) >= 11 is 0. The van der Waals surface area contributed by atoms with Gasteiger partial charge in [-0.1, -0.05) is 19.9 Å². The normalized spacial score (nSPS) is 13.8. The third-order valence-electron chi connectivity index (χ3n) is 2.43. The van der Waals surface area contributed by atoms with Crippen LogP contribution in [0, 0.1) is 0 Å². The Morgan fingerprint density at radius 2 is 2.00 bits per heavy atom. The second-order valence-corrected chi connectivity index (χ2v) is 4.86. The summed E-state index contributed by atoms with van der Waals surface area (Å²) in [5.74, 6) is -0.220. The summed E-state index contributed by atoms with van der Waals surface area (Å²) < 4.78 is 31.1. The molecule has 0 spiro atoms. The first-order valence-corrected chi connectivity index (χ1v) is 6.11. The molecule has 1 aromatic carbocycles. The Morgan fingerprint density at radius 1 is 1.40 bits per heavy atom. The van der Waals surface area contributed by atoms with E-state index in [-0.39, 0.29) is 22.1 Å². The molecule has 1 aromatic rings. The second kappa shape index (κ2) is 4.20. The summed E-state index contributed by atoms with van der Waals surface area (Å²) in [6, 6.07) is 4.09. The highest BCUT2D eigenvalue weighted by atomic mass is 32.2. The molecule has 0 fully saturated rings. The van der Waals surface area contributed by atoms with Gasteiger partial charge in [0, 0.05) is 5.56 Å². The molecule has 2 N–H and O–H groups in total. The molecular weight excluding hydrogens is 216 g/mol. The standard InChI is InChI=1S/C10H14O4S/c1-3-7(2)10-8(11)5-4-6-9(10)15(12,13)14/h4-7,11H,3H2,1-2H3,(H,12,13,14). The molecule has 0 heterocycles. The van der Waals surface area contributed by atoms with Crippen molar-refractivity contribution >= 4 is 10.1 Å². The Hall–Kier alpha value is -1.07. The first-order valence-electron chi connectivity index (χ1n) is 4.67. The van der Waals surface area contributed by atoms with Crippen molar-refractivity contribution in [2.75, 3.05) is 0 Å². The molecule has 1 unspecified atom stereocenters. The lowest BCUT2D eigenvalue weighted by molar-refractivity contribution is 0.451. The van der Waals surface area contributed by atoms with Gasteiger partial charge in [-0.05, 0) is 24.5 Å². The van der Waals surface area contributed by atoms with Crippen molar-refractivity contribution in [2.45, 2.75) is 31.1 Å². The lowest BCUT2D eigenvalue weighted by atomic mass is 9.98. The van der Waals surface area contributed by atoms with Crippen LogP contribution >= 0.6 is 0 Å². The SMILES string of the molecule is CCC(C)c1c(O)cccc1S(=O)(=O)O. The van der Waals surface area contributed by atoms with Gasteiger partial charge in [-0.15, -0.1) is 0 Å². The summed E-state index contributed by atoms with van der Waals surface area (Å²) in [5.41, 5.74) is 0.280. The molecule has 84 valence electrons. The van der Waals surface area contributed by atoms with Crippen LogP contribution in [0.5, 0.6) is 5.75 Å². The summed E-state index contributed by atoms with van der Waals surface area (Å²) in [4.78, 5) is -0.211. The molecule has 0 aliphatic rings. The molecule has 1 rings (SSSR count). The van der Waals surface area contributed by atoms with Crippen LogP contribution in [0.2, 0.25) is 0 Å². The predicted octanol–water partition coefficient (Wildman–Crippen LogP) is 2.15. The fourth-order valence-electron chi connectivity index (χ4n) is 1.46. The molecule has 15 heavy (non-hydrogen) atoms. The van der Waals surface area contributed by atoms with Crippen molar-refractivity contribution in [1.29, 1.82) is 0 Å². The van der Waals surface area contributed by atoms with Crippen LogP contribution in [0.1, 0.15) is 31.7 Å². The van der Waals surface area contributed by atoms with Gasteiger partial charge >= 0.3 is 0 Å². The quantitative estimate of drug-likeness (QED) is 0.780. The maximum atomic E-state index is 11.1. The van der Waals surface area contributed by atoms with Crippen LogP contribution in [0.4, 0.5) is 0 Å². The number of aromatic hydroxyl groups is 1. The smallest absolute Gasteiger partial charge is 0.294 e. The third kappa shape index (κ3) is 2.49. The highest BCUT2D eigenvalue weighted by molar-refractivity contribution is 7.85. The van der Waals surface area contributed by atoms with E-state index in [9.17, 15) is 13.5 Å². The number of rotatable bonds is 3. The van der Waals surface area contributed by atoms with Gasteiger partial charge in [0.15, 0.2) is 0 Å². The summed E-state index contributed by atoms with van der Waals surface area (Å²) in [7, 11) is -4.27. The Morgan fingerprint density at radius 3 is 2.47 bits per heavy atom. The fraction of sp³-hybridized carbons (Fsp3) is 0.400. The van der Waals surface area contributed by atoms with Crippen molar-refractivity contribution in [3.05, 3.63) is 23.8 Å². The molecule has 0 saturated heterocycles. The third-order valence-corrected chi connectivity index (χ3v) is 3.34. The minimum absolute atomic E-state index is 0.0977. The number of phenols is 1. The largest absolute Gasteiger partial charge is 0.508 e.